The highest BCUT2D eigenvalue weighted by Gasteiger charge is 2.17. The van der Waals surface area contributed by atoms with Crippen LogP contribution in [-0.4, -0.2) is 33.4 Å². The van der Waals surface area contributed by atoms with Gasteiger partial charge < -0.3 is 15.0 Å². The summed E-state index contributed by atoms with van der Waals surface area (Å²) in [5.74, 6) is -0.831. The SMILES string of the molecule is Cc1cccc2[nH]cc(CC(=O)N(CCCC(=O)O)Cc3ccccc3)c12. The number of carbonyl (C=O) groups excluding carboxylic acids is 1. The number of aliphatic carboxylic acids is 1. The Morgan fingerprint density at radius 1 is 1.07 bits per heavy atom. The zero-order chi connectivity index (χ0) is 19.2. The van der Waals surface area contributed by atoms with Crippen LogP contribution in [0.1, 0.15) is 29.5 Å². The van der Waals surface area contributed by atoms with Crippen LogP contribution in [0.5, 0.6) is 0 Å². The van der Waals surface area contributed by atoms with Gasteiger partial charge in [0.05, 0.1) is 6.42 Å². The van der Waals surface area contributed by atoms with E-state index in [2.05, 4.69) is 4.98 Å². The van der Waals surface area contributed by atoms with Gasteiger partial charge in [0.25, 0.3) is 0 Å². The zero-order valence-corrected chi connectivity index (χ0v) is 15.4. The standard InChI is InChI=1S/C22H24N2O3/c1-16-7-5-10-19-22(16)18(14-23-19)13-20(25)24(12-6-11-21(26)27)15-17-8-3-2-4-9-17/h2-5,7-10,14,23H,6,11-13,15H2,1H3,(H,26,27). The van der Waals surface area contributed by atoms with Crippen LogP contribution in [0.2, 0.25) is 0 Å². The average Bonchev–Trinajstić information content (AvgIpc) is 3.05. The van der Waals surface area contributed by atoms with Crippen molar-refractivity contribution in [2.75, 3.05) is 6.54 Å². The van der Waals surface area contributed by atoms with Gasteiger partial charge in [0.1, 0.15) is 0 Å². The lowest BCUT2D eigenvalue weighted by molar-refractivity contribution is -0.138. The number of aryl methyl sites for hydroxylation is 1. The molecule has 0 saturated heterocycles. The number of amides is 1. The van der Waals surface area contributed by atoms with Crippen molar-refractivity contribution in [3.8, 4) is 0 Å². The van der Waals surface area contributed by atoms with Crippen molar-refractivity contribution in [1.82, 2.24) is 9.88 Å². The average molecular weight is 364 g/mol. The first-order valence-corrected chi connectivity index (χ1v) is 9.13. The lowest BCUT2D eigenvalue weighted by Crippen LogP contribution is -2.33. The molecule has 2 N–H and O–H groups in total. The molecule has 27 heavy (non-hydrogen) atoms. The van der Waals surface area contributed by atoms with Gasteiger partial charge in [-0.1, -0.05) is 42.5 Å². The number of nitrogens with one attached hydrogen (secondary N) is 1. The number of carboxylic acid groups (broad SMARTS) is 1. The lowest BCUT2D eigenvalue weighted by Gasteiger charge is -2.23. The van der Waals surface area contributed by atoms with E-state index in [0.717, 1.165) is 27.6 Å². The number of H-pyrrole nitrogens is 1. The molecule has 5 nitrogen and oxygen atoms in total. The summed E-state index contributed by atoms with van der Waals surface area (Å²) in [4.78, 5) is 28.8. The first-order chi connectivity index (χ1) is 13.0. The molecule has 3 aromatic rings. The van der Waals surface area contributed by atoms with E-state index in [0.29, 0.717) is 25.9 Å². The Bertz CT molecular complexity index is 931. The Labute approximate surface area is 158 Å². The van der Waals surface area contributed by atoms with E-state index in [-0.39, 0.29) is 12.3 Å². The van der Waals surface area contributed by atoms with E-state index in [9.17, 15) is 9.59 Å². The molecule has 2 aromatic carbocycles. The van der Waals surface area contributed by atoms with Gasteiger partial charge in [-0.15, -0.1) is 0 Å². The zero-order valence-electron chi connectivity index (χ0n) is 15.4. The second kappa shape index (κ2) is 8.54. The second-order valence-electron chi connectivity index (χ2n) is 6.79. The fourth-order valence-electron chi connectivity index (χ4n) is 3.38. The van der Waals surface area contributed by atoms with Crippen LogP contribution < -0.4 is 0 Å². The van der Waals surface area contributed by atoms with Gasteiger partial charge in [-0.2, -0.15) is 0 Å². The molecule has 0 aliphatic heterocycles. The number of aromatic nitrogens is 1. The minimum Gasteiger partial charge on any atom is -0.481 e. The smallest absolute Gasteiger partial charge is 0.303 e. The van der Waals surface area contributed by atoms with Crippen LogP contribution in [0.25, 0.3) is 10.9 Å². The van der Waals surface area contributed by atoms with Gasteiger partial charge in [-0.3, -0.25) is 9.59 Å². The van der Waals surface area contributed by atoms with Gasteiger partial charge in [0.15, 0.2) is 0 Å². The van der Waals surface area contributed by atoms with Gasteiger partial charge in [-0.25, -0.2) is 0 Å². The molecule has 1 aromatic heterocycles. The van der Waals surface area contributed by atoms with Crippen LogP contribution >= 0.6 is 0 Å². The molecular formula is C22H24N2O3. The molecular weight excluding hydrogens is 340 g/mol. The topological polar surface area (TPSA) is 73.4 Å². The molecule has 140 valence electrons. The normalized spacial score (nSPS) is 10.9. The Morgan fingerprint density at radius 2 is 1.85 bits per heavy atom. The minimum absolute atomic E-state index is 0.00777. The van der Waals surface area contributed by atoms with Crippen molar-refractivity contribution >= 4 is 22.8 Å². The van der Waals surface area contributed by atoms with Gasteiger partial charge in [0.2, 0.25) is 5.91 Å². The Morgan fingerprint density at radius 3 is 2.59 bits per heavy atom. The van der Waals surface area contributed by atoms with Crippen molar-refractivity contribution in [3.63, 3.8) is 0 Å². The summed E-state index contributed by atoms with van der Waals surface area (Å²) in [6.07, 6.45) is 2.70. The van der Waals surface area contributed by atoms with E-state index in [4.69, 9.17) is 5.11 Å². The summed E-state index contributed by atoms with van der Waals surface area (Å²) in [5, 5.41) is 10.00. The van der Waals surface area contributed by atoms with Crippen molar-refractivity contribution < 1.29 is 14.7 Å². The van der Waals surface area contributed by atoms with Crippen LogP contribution in [-0.2, 0) is 22.6 Å². The van der Waals surface area contributed by atoms with Crippen molar-refractivity contribution in [1.29, 1.82) is 0 Å². The molecule has 1 amide bonds. The number of fused-ring (bicyclic) bond motifs is 1. The molecule has 0 aliphatic rings. The van der Waals surface area contributed by atoms with Gasteiger partial charge in [0, 0.05) is 36.6 Å². The van der Waals surface area contributed by atoms with E-state index in [1.165, 1.54) is 0 Å². The lowest BCUT2D eigenvalue weighted by atomic mass is 10.0. The summed E-state index contributed by atoms with van der Waals surface area (Å²) in [6, 6.07) is 15.8. The highest BCUT2D eigenvalue weighted by molar-refractivity contribution is 5.91. The summed E-state index contributed by atoms with van der Waals surface area (Å²) in [7, 11) is 0. The van der Waals surface area contributed by atoms with Gasteiger partial charge >= 0.3 is 5.97 Å². The van der Waals surface area contributed by atoms with Crippen LogP contribution in [0.15, 0.2) is 54.7 Å². The highest BCUT2D eigenvalue weighted by atomic mass is 16.4. The maximum Gasteiger partial charge on any atom is 0.303 e. The monoisotopic (exact) mass is 364 g/mol. The number of carboxylic acids is 1. The molecule has 0 aliphatic carbocycles. The number of nitrogens with zero attached hydrogens (tertiary/aromatic N) is 1. The van der Waals surface area contributed by atoms with Crippen molar-refractivity contribution in [3.05, 3.63) is 71.4 Å². The Balaban J connectivity index is 1.77. The van der Waals surface area contributed by atoms with E-state index >= 15 is 0 Å². The molecule has 0 bridgehead atoms. The van der Waals surface area contributed by atoms with Crippen molar-refractivity contribution in [2.24, 2.45) is 0 Å². The predicted molar refractivity (Wildman–Crippen MR) is 105 cm³/mol. The third kappa shape index (κ3) is 4.76. The summed E-state index contributed by atoms with van der Waals surface area (Å²) < 4.78 is 0. The summed E-state index contributed by atoms with van der Waals surface area (Å²) in [6.45, 7) is 2.96. The number of rotatable bonds is 8. The quantitative estimate of drug-likeness (QED) is 0.636. The third-order valence-electron chi connectivity index (χ3n) is 4.73. The molecule has 0 atom stereocenters. The maximum absolute atomic E-state index is 13.0. The number of benzene rings is 2. The van der Waals surface area contributed by atoms with E-state index in [1.54, 1.807) is 4.90 Å². The number of aromatic amines is 1. The molecule has 0 radical (unpaired) electrons. The number of hydrogen-bond acceptors (Lipinski definition) is 2. The largest absolute Gasteiger partial charge is 0.481 e. The van der Waals surface area contributed by atoms with Crippen molar-refractivity contribution in [2.45, 2.75) is 32.7 Å². The Kier molecular flexibility index (Phi) is 5.91. The van der Waals surface area contributed by atoms with Crippen LogP contribution in [0, 0.1) is 6.92 Å². The highest BCUT2D eigenvalue weighted by Crippen LogP contribution is 2.23. The minimum atomic E-state index is -0.839. The number of hydrogen-bond donors (Lipinski definition) is 2. The fraction of sp³-hybridized carbons (Fsp3) is 0.273. The number of carbonyl (C=O) groups is 2. The molecule has 0 spiro atoms. The first kappa shape index (κ1) is 18.7. The van der Waals surface area contributed by atoms with E-state index in [1.807, 2.05) is 61.7 Å². The molecule has 1 heterocycles. The van der Waals surface area contributed by atoms with Gasteiger partial charge in [-0.05, 0) is 36.1 Å². The predicted octanol–water partition coefficient (Wildman–Crippen LogP) is 3.91. The molecule has 3 rings (SSSR count). The molecule has 5 heteroatoms. The Hall–Kier alpha value is -3.08. The van der Waals surface area contributed by atoms with Crippen LogP contribution in [0.4, 0.5) is 0 Å². The molecule has 0 saturated carbocycles. The third-order valence-corrected chi connectivity index (χ3v) is 4.73. The molecule has 0 fully saturated rings. The second-order valence-corrected chi connectivity index (χ2v) is 6.79. The van der Waals surface area contributed by atoms with Crippen LogP contribution in [0.3, 0.4) is 0 Å². The summed E-state index contributed by atoms with van der Waals surface area (Å²) >= 11 is 0. The first-order valence-electron chi connectivity index (χ1n) is 9.13. The van der Waals surface area contributed by atoms with E-state index < -0.39 is 5.97 Å². The fourth-order valence-corrected chi connectivity index (χ4v) is 3.38. The maximum atomic E-state index is 13.0. The summed E-state index contributed by atoms with van der Waals surface area (Å²) in [5.41, 5.74) is 4.18. The molecule has 0 unspecified atom stereocenters.